The Bertz CT molecular complexity index is 694. The zero-order chi connectivity index (χ0) is 17.6. The van der Waals surface area contributed by atoms with Gasteiger partial charge in [-0.2, -0.15) is 5.26 Å². The fourth-order valence-electron chi connectivity index (χ4n) is 2.38. The lowest BCUT2D eigenvalue weighted by Crippen LogP contribution is -2.39. The Morgan fingerprint density at radius 3 is 2.54 bits per heavy atom. The number of nitriles is 1. The molecular formula is C17H22N6O. The monoisotopic (exact) mass is 326 g/mol. The van der Waals surface area contributed by atoms with Gasteiger partial charge in [0.15, 0.2) is 0 Å². The molecule has 0 unspecified atom stereocenters. The predicted octanol–water partition coefficient (Wildman–Crippen LogP) is 1.99. The lowest BCUT2D eigenvalue weighted by atomic mass is 9.95. The predicted molar refractivity (Wildman–Crippen MR) is 89.1 cm³/mol. The van der Waals surface area contributed by atoms with Crippen molar-refractivity contribution in [2.24, 2.45) is 5.41 Å². The molecule has 0 spiro atoms. The van der Waals surface area contributed by atoms with Gasteiger partial charge in [-0.1, -0.05) is 32.9 Å². The third-order valence-corrected chi connectivity index (χ3v) is 3.42. The first kappa shape index (κ1) is 17.6. The highest BCUT2D eigenvalue weighted by Crippen LogP contribution is 2.17. The van der Waals surface area contributed by atoms with Crippen molar-refractivity contribution < 1.29 is 4.79 Å². The maximum absolute atomic E-state index is 12.6. The molecule has 0 aliphatic rings. The van der Waals surface area contributed by atoms with Gasteiger partial charge in [0.05, 0.1) is 24.6 Å². The van der Waals surface area contributed by atoms with Crippen molar-refractivity contribution in [3.05, 3.63) is 36.2 Å². The van der Waals surface area contributed by atoms with Gasteiger partial charge in [-0.3, -0.25) is 4.79 Å². The van der Waals surface area contributed by atoms with Crippen molar-refractivity contribution in [1.82, 2.24) is 25.1 Å². The summed E-state index contributed by atoms with van der Waals surface area (Å²) in [6.07, 6.45) is 2.19. The van der Waals surface area contributed by atoms with E-state index in [-0.39, 0.29) is 11.3 Å². The van der Waals surface area contributed by atoms with E-state index >= 15 is 0 Å². The van der Waals surface area contributed by atoms with Gasteiger partial charge in [0.25, 0.3) is 0 Å². The van der Waals surface area contributed by atoms with Gasteiger partial charge in [0.1, 0.15) is 6.33 Å². The molecule has 0 atom stereocenters. The minimum absolute atomic E-state index is 0.00490. The van der Waals surface area contributed by atoms with Gasteiger partial charge in [0.2, 0.25) is 5.91 Å². The highest BCUT2D eigenvalue weighted by atomic mass is 16.2. The quantitative estimate of drug-likeness (QED) is 0.810. The summed E-state index contributed by atoms with van der Waals surface area (Å²) in [5.41, 5.74) is 1.76. The second-order valence-corrected chi connectivity index (χ2v) is 6.88. The molecule has 0 aliphatic heterocycles. The number of amides is 1. The first-order chi connectivity index (χ1) is 11.4. The number of rotatable bonds is 6. The summed E-state index contributed by atoms with van der Waals surface area (Å²) >= 11 is 0. The van der Waals surface area contributed by atoms with Gasteiger partial charge in [-0.05, 0) is 33.5 Å². The van der Waals surface area contributed by atoms with E-state index in [0.717, 1.165) is 11.3 Å². The molecule has 7 nitrogen and oxygen atoms in total. The van der Waals surface area contributed by atoms with Gasteiger partial charge in [-0.15, -0.1) is 5.10 Å². The molecule has 126 valence electrons. The van der Waals surface area contributed by atoms with E-state index in [9.17, 15) is 4.79 Å². The molecule has 24 heavy (non-hydrogen) atoms. The van der Waals surface area contributed by atoms with Crippen LogP contribution in [0.15, 0.2) is 30.6 Å². The SMILES string of the molecule is CC(C)(C)CN(CCC#N)C(=O)Cc1ccc(-n2cnnn2)cc1. The summed E-state index contributed by atoms with van der Waals surface area (Å²) < 4.78 is 1.56. The van der Waals surface area contributed by atoms with Crippen molar-refractivity contribution in [2.75, 3.05) is 13.1 Å². The van der Waals surface area contributed by atoms with Crippen molar-refractivity contribution in [3.8, 4) is 11.8 Å². The Hall–Kier alpha value is -2.75. The first-order valence-corrected chi connectivity index (χ1v) is 7.86. The van der Waals surface area contributed by atoms with Crippen LogP contribution >= 0.6 is 0 Å². The zero-order valence-corrected chi connectivity index (χ0v) is 14.3. The second-order valence-electron chi connectivity index (χ2n) is 6.88. The molecule has 0 N–H and O–H groups in total. The Labute approximate surface area is 141 Å². The van der Waals surface area contributed by atoms with Crippen LogP contribution < -0.4 is 0 Å². The Balaban J connectivity index is 2.04. The van der Waals surface area contributed by atoms with E-state index in [4.69, 9.17) is 5.26 Å². The van der Waals surface area contributed by atoms with Crippen molar-refractivity contribution in [3.63, 3.8) is 0 Å². The van der Waals surface area contributed by atoms with Crippen LogP contribution in [0, 0.1) is 16.7 Å². The maximum Gasteiger partial charge on any atom is 0.227 e. The molecule has 0 fully saturated rings. The van der Waals surface area contributed by atoms with E-state index < -0.39 is 0 Å². The topological polar surface area (TPSA) is 87.7 Å². The molecule has 0 saturated heterocycles. The lowest BCUT2D eigenvalue weighted by Gasteiger charge is -2.29. The van der Waals surface area contributed by atoms with Gasteiger partial charge in [0, 0.05) is 13.1 Å². The summed E-state index contributed by atoms with van der Waals surface area (Å²) in [5.74, 6) is 0.0374. The van der Waals surface area contributed by atoms with Gasteiger partial charge < -0.3 is 4.90 Å². The fraction of sp³-hybridized carbons (Fsp3) is 0.471. The average molecular weight is 326 g/mol. The Morgan fingerprint density at radius 2 is 2.00 bits per heavy atom. The molecule has 0 radical (unpaired) electrons. The number of benzene rings is 1. The van der Waals surface area contributed by atoms with Crippen molar-refractivity contribution in [1.29, 1.82) is 5.26 Å². The van der Waals surface area contributed by atoms with Crippen LogP contribution in [0.5, 0.6) is 0 Å². The Kier molecular flexibility index (Phi) is 5.64. The molecule has 7 heteroatoms. The number of carbonyl (C=O) groups is 1. The smallest absolute Gasteiger partial charge is 0.227 e. The second kappa shape index (κ2) is 7.68. The highest BCUT2D eigenvalue weighted by Gasteiger charge is 2.20. The molecule has 2 aromatic rings. The van der Waals surface area contributed by atoms with E-state index in [1.165, 1.54) is 6.33 Å². The maximum atomic E-state index is 12.6. The summed E-state index contributed by atoms with van der Waals surface area (Å²) in [5, 5.41) is 19.8. The van der Waals surface area contributed by atoms with E-state index in [1.54, 1.807) is 9.58 Å². The number of aromatic nitrogens is 4. The number of nitrogens with zero attached hydrogens (tertiary/aromatic N) is 6. The molecule has 1 amide bonds. The number of tetrazole rings is 1. The van der Waals surface area contributed by atoms with Gasteiger partial charge in [-0.25, -0.2) is 4.68 Å². The minimum atomic E-state index is -0.00490. The summed E-state index contributed by atoms with van der Waals surface area (Å²) in [6, 6.07) is 9.66. The van der Waals surface area contributed by atoms with Crippen LogP contribution in [-0.4, -0.2) is 44.1 Å². The molecule has 1 heterocycles. The van der Waals surface area contributed by atoms with Crippen LogP contribution in [0.4, 0.5) is 0 Å². The van der Waals surface area contributed by atoms with Crippen LogP contribution in [-0.2, 0) is 11.2 Å². The molecule has 0 bridgehead atoms. The first-order valence-electron chi connectivity index (χ1n) is 7.86. The van der Waals surface area contributed by atoms with Crippen LogP contribution in [0.2, 0.25) is 0 Å². The van der Waals surface area contributed by atoms with Crippen LogP contribution in [0.1, 0.15) is 32.8 Å². The standard InChI is InChI=1S/C17H22N6O/c1-17(2,3)12-22(10-4-9-18)16(24)11-14-5-7-15(8-6-14)23-13-19-20-21-23/h5-8,13H,4,10-12H2,1-3H3. The summed E-state index contributed by atoms with van der Waals surface area (Å²) in [4.78, 5) is 14.4. The van der Waals surface area contributed by atoms with Crippen LogP contribution in [0.25, 0.3) is 5.69 Å². The molecule has 1 aromatic heterocycles. The number of hydrogen-bond acceptors (Lipinski definition) is 5. The molecule has 1 aromatic carbocycles. The fourth-order valence-corrected chi connectivity index (χ4v) is 2.38. The van der Waals surface area contributed by atoms with E-state index in [2.05, 4.69) is 42.4 Å². The minimum Gasteiger partial charge on any atom is -0.341 e. The van der Waals surface area contributed by atoms with Crippen molar-refractivity contribution >= 4 is 5.91 Å². The summed E-state index contributed by atoms with van der Waals surface area (Å²) in [6.45, 7) is 7.35. The third kappa shape index (κ3) is 5.16. The number of hydrogen-bond donors (Lipinski definition) is 0. The third-order valence-electron chi connectivity index (χ3n) is 3.42. The summed E-state index contributed by atoms with van der Waals surface area (Å²) in [7, 11) is 0. The van der Waals surface area contributed by atoms with Gasteiger partial charge >= 0.3 is 0 Å². The average Bonchev–Trinajstić information content (AvgIpc) is 3.05. The molecule has 2 rings (SSSR count). The molecular weight excluding hydrogens is 304 g/mol. The molecule has 0 aliphatic carbocycles. The largest absolute Gasteiger partial charge is 0.341 e. The highest BCUT2D eigenvalue weighted by molar-refractivity contribution is 5.79. The number of carbonyl (C=O) groups excluding carboxylic acids is 1. The van der Waals surface area contributed by atoms with Crippen LogP contribution in [0.3, 0.4) is 0 Å². The van der Waals surface area contributed by atoms with E-state index in [1.807, 2.05) is 24.3 Å². The lowest BCUT2D eigenvalue weighted by molar-refractivity contribution is -0.131. The van der Waals surface area contributed by atoms with E-state index in [0.29, 0.717) is 25.9 Å². The van der Waals surface area contributed by atoms with Crippen molar-refractivity contribution in [2.45, 2.75) is 33.6 Å². The Morgan fingerprint density at radius 1 is 1.29 bits per heavy atom. The normalized spacial score (nSPS) is 11.1. The zero-order valence-electron chi connectivity index (χ0n) is 14.3. The molecule has 0 saturated carbocycles.